The lowest BCUT2D eigenvalue weighted by Crippen LogP contribution is -2.26. The maximum Gasteiger partial charge on any atom is 0.293 e. The number of hydrogen-bond acceptors (Lipinski definition) is 3. The number of nitrogens with one attached hydrogen (secondary N) is 2. The molecule has 0 rings (SSSR count). The van der Waals surface area contributed by atoms with Gasteiger partial charge in [0.1, 0.15) is 0 Å². The molecule has 5 nitrogen and oxygen atoms in total. The molecule has 0 aliphatic rings. The van der Waals surface area contributed by atoms with Crippen LogP contribution in [0.4, 0.5) is 4.79 Å². The van der Waals surface area contributed by atoms with E-state index in [-0.39, 0.29) is 0 Å². The highest BCUT2D eigenvalue weighted by Gasteiger charge is 1.71. The average molecular weight is 90.0 g/mol. The lowest BCUT2D eigenvalue weighted by atomic mass is 11.2. The van der Waals surface area contributed by atoms with Crippen LogP contribution in [0.3, 0.4) is 0 Å². The van der Waals surface area contributed by atoms with Gasteiger partial charge in [0.15, 0.2) is 0 Å². The van der Waals surface area contributed by atoms with E-state index in [1.807, 2.05) is 0 Å². The smallest absolute Gasteiger partial charge is 0.293 e. The van der Waals surface area contributed by atoms with Crippen LogP contribution in [0.25, 0.3) is 0 Å². The summed E-state index contributed by atoms with van der Waals surface area (Å²) in [7, 11) is 0. The molecular formula is CH2N2O3-2. The third kappa shape index (κ3) is 1.50. The zero-order chi connectivity index (χ0) is 4.99. The Morgan fingerprint density at radius 3 is 1.67 bits per heavy atom. The van der Waals surface area contributed by atoms with Crippen molar-refractivity contribution < 1.29 is 4.79 Å². The number of hydrogen-bond donors (Lipinski definition) is 2. The summed E-state index contributed by atoms with van der Waals surface area (Å²) in [6.07, 6.45) is 0. The fourth-order valence-corrected chi connectivity index (χ4v) is 0.0208. The lowest BCUT2D eigenvalue weighted by molar-refractivity contribution is 0.247. The summed E-state index contributed by atoms with van der Waals surface area (Å²) in [6, 6.07) is -1.27. The van der Waals surface area contributed by atoms with Crippen LogP contribution in [-0.4, -0.2) is 6.03 Å². The summed E-state index contributed by atoms with van der Waals surface area (Å²) < 4.78 is 0. The first-order chi connectivity index (χ1) is 2.81. The SMILES string of the molecule is O=C(N[O-])N[O-]. The van der Waals surface area contributed by atoms with Crippen LogP contribution in [0.15, 0.2) is 0 Å². The van der Waals surface area contributed by atoms with Gasteiger partial charge in [-0.25, -0.2) is 0 Å². The quantitative estimate of drug-likeness (QED) is 0.385. The van der Waals surface area contributed by atoms with Gasteiger partial charge in [-0.05, 0) is 0 Å². The molecule has 0 bridgehead atoms. The van der Waals surface area contributed by atoms with Gasteiger partial charge in [0.2, 0.25) is 0 Å². The van der Waals surface area contributed by atoms with Gasteiger partial charge in [-0.15, -0.1) is 0 Å². The first-order valence-electron chi connectivity index (χ1n) is 1.11. The van der Waals surface area contributed by atoms with Crippen molar-refractivity contribution in [3.8, 4) is 0 Å². The number of carbonyl (C=O) groups is 1. The van der Waals surface area contributed by atoms with E-state index >= 15 is 0 Å². The van der Waals surface area contributed by atoms with Crippen molar-refractivity contribution in [2.24, 2.45) is 0 Å². The van der Waals surface area contributed by atoms with Crippen molar-refractivity contribution in [2.45, 2.75) is 0 Å². The second kappa shape index (κ2) is 2.43. The molecule has 2 N–H and O–H groups in total. The Balaban J connectivity index is 2.99. The van der Waals surface area contributed by atoms with Crippen LogP contribution in [0.1, 0.15) is 0 Å². The fourth-order valence-electron chi connectivity index (χ4n) is 0.0208. The summed E-state index contributed by atoms with van der Waals surface area (Å²) in [6.45, 7) is 0. The topological polar surface area (TPSA) is 87.2 Å². The van der Waals surface area contributed by atoms with Crippen LogP contribution < -0.4 is 11.0 Å². The number of rotatable bonds is 0. The molecule has 0 aromatic carbocycles. The minimum Gasteiger partial charge on any atom is -0.758 e. The molecule has 0 aromatic rings. The first-order valence-corrected chi connectivity index (χ1v) is 1.11. The maximum atomic E-state index is 9.33. The minimum absolute atomic E-state index is 0.802. The van der Waals surface area contributed by atoms with Crippen molar-refractivity contribution in [2.75, 3.05) is 0 Å². The zero-order valence-corrected chi connectivity index (χ0v) is 2.72. The Morgan fingerprint density at radius 1 is 1.33 bits per heavy atom. The minimum atomic E-state index is -1.27. The second-order valence-corrected chi connectivity index (χ2v) is 0.533. The van der Waals surface area contributed by atoms with E-state index in [0.29, 0.717) is 0 Å². The van der Waals surface area contributed by atoms with Gasteiger partial charge >= 0.3 is 0 Å². The Hall–Kier alpha value is -0.810. The van der Waals surface area contributed by atoms with Crippen LogP contribution in [0.2, 0.25) is 0 Å². The molecule has 0 aliphatic heterocycles. The van der Waals surface area contributed by atoms with Crippen LogP contribution >= 0.6 is 0 Å². The van der Waals surface area contributed by atoms with Gasteiger partial charge in [-0.2, -0.15) is 0 Å². The average Bonchev–Trinajstić information content (AvgIpc) is 1.65. The Labute approximate surface area is 33.5 Å². The van der Waals surface area contributed by atoms with E-state index in [1.54, 1.807) is 0 Å². The molecule has 0 spiro atoms. The highest BCUT2D eigenvalue weighted by atomic mass is 16.5. The lowest BCUT2D eigenvalue weighted by Gasteiger charge is -2.10. The normalized spacial score (nSPS) is 7.00. The zero-order valence-electron chi connectivity index (χ0n) is 2.72. The van der Waals surface area contributed by atoms with Crippen LogP contribution in [0.5, 0.6) is 0 Å². The Bertz CT molecular complexity index is 46.8. The van der Waals surface area contributed by atoms with Gasteiger partial charge < -0.3 is 21.4 Å². The van der Waals surface area contributed by atoms with Gasteiger partial charge in [0.05, 0.1) is 0 Å². The summed E-state index contributed by atoms with van der Waals surface area (Å²) >= 11 is 0. The molecule has 0 aromatic heterocycles. The molecule has 0 aliphatic carbocycles. The second-order valence-electron chi connectivity index (χ2n) is 0.533. The maximum absolute atomic E-state index is 9.33. The van der Waals surface area contributed by atoms with Crippen molar-refractivity contribution in [3.05, 3.63) is 10.4 Å². The molecule has 6 heavy (non-hydrogen) atoms. The molecule has 0 atom stereocenters. The number of carbonyl (C=O) groups excluding carboxylic acids is 1. The first kappa shape index (κ1) is 5.19. The standard InChI is InChI=1S/CH2N2O3/c4-1(2-5)3-6/h(H2-2,2,3,4,5,6)/q-2. The highest BCUT2D eigenvalue weighted by Crippen LogP contribution is 1.51. The predicted molar refractivity (Wildman–Crippen MR) is 18.4 cm³/mol. The molecule has 5 heteroatoms. The van der Waals surface area contributed by atoms with Crippen molar-refractivity contribution in [1.82, 2.24) is 11.0 Å². The molecule has 0 radical (unpaired) electrons. The van der Waals surface area contributed by atoms with E-state index in [0.717, 1.165) is 11.0 Å². The summed E-state index contributed by atoms with van der Waals surface area (Å²) in [5.74, 6) is 0. The van der Waals surface area contributed by atoms with Crippen molar-refractivity contribution >= 4 is 6.03 Å². The predicted octanol–water partition coefficient (Wildman–Crippen LogP) is -0.719. The van der Waals surface area contributed by atoms with Gasteiger partial charge in [0.25, 0.3) is 6.03 Å². The summed E-state index contributed by atoms with van der Waals surface area (Å²) in [5, 5.41) is 18.0. The number of urea groups is 1. The molecule has 2 amide bonds. The van der Waals surface area contributed by atoms with E-state index in [4.69, 9.17) is 10.4 Å². The monoisotopic (exact) mass is 90.0 g/mol. The largest absolute Gasteiger partial charge is 0.758 e. The van der Waals surface area contributed by atoms with Crippen molar-refractivity contribution in [3.63, 3.8) is 0 Å². The number of hydroxylamine groups is 2. The van der Waals surface area contributed by atoms with Gasteiger partial charge in [-0.3, -0.25) is 4.79 Å². The third-order valence-electron chi connectivity index (χ3n) is 0.185. The molecule has 0 saturated heterocycles. The van der Waals surface area contributed by atoms with E-state index in [1.165, 1.54) is 0 Å². The van der Waals surface area contributed by atoms with Crippen molar-refractivity contribution in [1.29, 1.82) is 0 Å². The fraction of sp³-hybridized carbons (Fsp3) is 0. The third-order valence-corrected chi connectivity index (χ3v) is 0.185. The highest BCUT2D eigenvalue weighted by molar-refractivity contribution is 5.74. The summed E-state index contributed by atoms with van der Waals surface area (Å²) in [4.78, 5) is 9.33. The van der Waals surface area contributed by atoms with E-state index in [2.05, 4.69) is 0 Å². The Kier molecular flexibility index (Phi) is 2.10. The molecule has 0 heterocycles. The molecular weight excluding hydrogens is 88.0 g/mol. The number of amides is 2. The molecule has 0 saturated carbocycles. The van der Waals surface area contributed by atoms with Crippen LogP contribution in [-0.2, 0) is 0 Å². The summed E-state index contributed by atoms with van der Waals surface area (Å²) in [5.41, 5.74) is 1.60. The van der Waals surface area contributed by atoms with Gasteiger partial charge in [0, 0.05) is 0 Å². The van der Waals surface area contributed by atoms with Gasteiger partial charge in [-0.1, -0.05) is 0 Å². The Morgan fingerprint density at radius 2 is 1.67 bits per heavy atom. The molecule has 36 valence electrons. The molecule has 0 unspecified atom stereocenters. The van der Waals surface area contributed by atoms with E-state index in [9.17, 15) is 4.79 Å². The molecule has 0 fully saturated rings. The van der Waals surface area contributed by atoms with Crippen LogP contribution in [0, 0.1) is 10.4 Å². The van der Waals surface area contributed by atoms with E-state index < -0.39 is 6.03 Å².